The third-order valence-corrected chi connectivity index (χ3v) is 4.99. The first kappa shape index (κ1) is 22.2. The number of hydrogen-bond acceptors (Lipinski definition) is 7. The van der Waals surface area contributed by atoms with Gasteiger partial charge >= 0.3 is 6.09 Å². The van der Waals surface area contributed by atoms with Crippen molar-refractivity contribution < 1.29 is 24.0 Å². The molecular weight excluding hydrogens is 402 g/mol. The topological polar surface area (TPSA) is 121 Å². The molecule has 1 aliphatic heterocycles. The highest BCUT2D eigenvalue weighted by molar-refractivity contribution is 6.02. The molecule has 4 amide bonds. The lowest BCUT2D eigenvalue weighted by Gasteiger charge is -2.17. The van der Waals surface area contributed by atoms with Crippen LogP contribution in [0.1, 0.15) is 37.2 Å². The van der Waals surface area contributed by atoms with Crippen LogP contribution >= 0.6 is 0 Å². The molecule has 1 aliphatic rings. The summed E-state index contributed by atoms with van der Waals surface area (Å²) in [5.74, 6) is -1.39. The lowest BCUT2D eigenvalue weighted by Crippen LogP contribution is -2.35. The van der Waals surface area contributed by atoms with E-state index in [9.17, 15) is 19.2 Å². The molecule has 0 radical (unpaired) electrons. The average molecular weight is 427 g/mol. The van der Waals surface area contributed by atoms with Crippen molar-refractivity contribution in [2.45, 2.75) is 26.7 Å². The summed E-state index contributed by atoms with van der Waals surface area (Å²) in [6, 6.07) is 6.64. The average Bonchev–Trinajstić information content (AvgIpc) is 3.08. The van der Waals surface area contributed by atoms with Crippen LogP contribution in [0.15, 0.2) is 30.5 Å². The predicted octanol–water partition coefficient (Wildman–Crippen LogP) is 1.92. The van der Waals surface area contributed by atoms with Gasteiger partial charge in [-0.1, -0.05) is 19.9 Å². The number of anilines is 1. The molecule has 2 heterocycles. The molecule has 0 saturated carbocycles. The van der Waals surface area contributed by atoms with Gasteiger partial charge in [-0.25, -0.2) is 4.79 Å². The number of carbonyl (C=O) groups is 4. The number of likely N-dealkylation sites (N-methyl/N-ethyl adjacent to an activating group) is 1. The van der Waals surface area contributed by atoms with Crippen LogP contribution in [0.25, 0.3) is 10.8 Å². The predicted molar refractivity (Wildman–Crippen MR) is 113 cm³/mol. The third kappa shape index (κ3) is 5.54. The largest absolute Gasteiger partial charge is 0.436 e. The van der Waals surface area contributed by atoms with Crippen molar-refractivity contribution in [2.24, 2.45) is 0 Å². The Bertz CT molecular complexity index is 989. The Morgan fingerprint density at radius 2 is 1.81 bits per heavy atom. The molecule has 10 nitrogen and oxygen atoms in total. The van der Waals surface area contributed by atoms with E-state index in [4.69, 9.17) is 4.84 Å². The van der Waals surface area contributed by atoms with Crippen molar-refractivity contribution in [2.75, 3.05) is 31.5 Å². The van der Waals surface area contributed by atoms with Crippen LogP contribution in [-0.2, 0) is 14.4 Å². The van der Waals surface area contributed by atoms with Crippen LogP contribution in [0.3, 0.4) is 0 Å². The molecule has 1 fully saturated rings. The molecule has 2 aromatic rings. The number of imide groups is 1. The summed E-state index contributed by atoms with van der Waals surface area (Å²) in [6.45, 7) is 7.24. The molecule has 2 N–H and O–H groups in total. The van der Waals surface area contributed by atoms with Gasteiger partial charge in [-0.05, 0) is 36.7 Å². The molecule has 0 spiro atoms. The first-order valence-electron chi connectivity index (χ1n) is 10.2. The Morgan fingerprint density at radius 3 is 2.48 bits per heavy atom. The van der Waals surface area contributed by atoms with E-state index in [0.717, 1.165) is 25.0 Å². The van der Waals surface area contributed by atoms with Gasteiger partial charge in [-0.3, -0.25) is 24.7 Å². The van der Waals surface area contributed by atoms with Gasteiger partial charge in [0.15, 0.2) is 0 Å². The first-order valence-corrected chi connectivity index (χ1v) is 10.2. The van der Waals surface area contributed by atoms with Crippen LogP contribution < -0.4 is 10.6 Å². The first-order chi connectivity index (χ1) is 14.9. The number of fused-ring (bicyclic) bond motifs is 1. The van der Waals surface area contributed by atoms with E-state index in [0.29, 0.717) is 22.7 Å². The third-order valence-electron chi connectivity index (χ3n) is 4.99. The normalized spacial score (nSPS) is 13.7. The number of amides is 4. The van der Waals surface area contributed by atoms with Gasteiger partial charge in [0.2, 0.25) is 0 Å². The zero-order valence-electron chi connectivity index (χ0n) is 17.5. The highest BCUT2D eigenvalue weighted by Crippen LogP contribution is 2.20. The van der Waals surface area contributed by atoms with Gasteiger partial charge in [0, 0.05) is 43.2 Å². The Hall–Kier alpha value is -3.53. The number of hydroxylamine groups is 2. The summed E-state index contributed by atoms with van der Waals surface area (Å²) in [5, 5.41) is 7.28. The summed E-state index contributed by atoms with van der Waals surface area (Å²) in [7, 11) is 0. The van der Waals surface area contributed by atoms with Gasteiger partial charge in [0.05, 0.1) is 0 Å². The van der Waals surface area contributed by atoms with Crippen LogP contribution in [-0.4, -0.2) is 64.9 Å². The number of rotatable bonds is 8. The van der Waals surface area contributed by atoms with E-state index < -0.39 is 17.9 Å². The summed E-state index contributed by atoms with van der Waals surface area (Å²) in [6.07, 6.45) is 0.675. The molecular formula is C21H25N5O5. The lowest BCUT2D eigenvalue weighted by atomic mass is 10.1. The monoisotopic (exact) mass is 427 g/mol. The molecule has 0 aliphatic carbocycles. The molecule has 0 bridgehead atoms. The molecule has 0 atom stereocenters. The van der Waals surface area contributed by atoms with Gasteiger partial charge in [-0.2, -0.15) is 0 Å². The van der Waals surface area contributed by atoms with Crippen molar-refractivity contribution in [3.05, 3.63) is 36.2 Å². The lowest BCUT2D eigenvalue weighted by molar-refractivity contribution is -0.170. The number of benzene rings is 1. The SMILES string of the molecule is CCN(CC)CCNC(=O)c1cc2cc(NC(=O)ON3C(=O)CCC3=O)ccc2cn1. The van der Waals surface area contributed by atoms with Crippen molar-refractivity contribution in [3.63, 3.8) is 0 Å². The number of nitrogens with zero attached hydrogens (tertiary/aromatic N) is 3. The summed E-state index contributed by atoms with van der Waals surface area (Å²) >= 11 is 0. The zero-order valence-corrected chi connectivity index (χ0v) is 17.5. The maximum Gasteiger partial charge on any atom is 0.436 e. The van der Waals surface area contributed by atoms with Crippen molar-refractivity contribution in [1.29, 1.82) is 0 Å². The Morgan fingerprint density at radius 1 is 1.10 bits per heavy atom. The van der Waals surface area contributed by atoms with E-state index >= 15 is 0 Å². The summed E-state index contributed by atoms with van der Waals surface area (Å²) < 4.78 is 0. The van der Waals surface area contributed by atoms with Gasteiger partial charge in [-0.15, -0.1) is 5.06 Å². The van der Waals surface area contributed by atoms with Gasteiger partial charge in [0.25, 0.3) is 17.7 Å². The van der Waals surface area contributed by atoms with E-state index in [1.54, 1.807) is 30.5 Å². The summed E-state index contributed by atoms with van der Waals surface area (Å²) in [4.78, 5) is 58.7. The van der Waals surface area contributed by atoms with Crippen LogP contribution in [0, 0.1) is 0 Å². The molecule has 31 heavy (non-hydrogen) atoms. The molecule has 0 unspecified atom stereocenters. The van der Waals surface area contributed by atoms with Crippen molar-refractivity contribution >= 4 is 40.3 Å². The minimum Gasteiger partial charge on any atom is -0.349 e. The minimum absolute atomic E-state index is 0.0227. The maximum atomic E-state index is 12.4. The standard InChI is InChI=1S/C21H25N5O5/c1-3-25(4-2)10-9-22-20(29)17-12-15-11-16(6-5-14(15)13-23-17)24-21(30)31-26-18(27)7-8-19(26)28/h5-6,11-13H,3-4,7-10H2,1-2H3,(H,22,29)(H,24,30). The highest BCUT2D eigenvalue weighted by Gasteiger charge is 2.32. The fraction of sp³-hybridized carbons (Fsp3) is 0.381. The molecule has 10 heteroatoms. The molecule has 164 valence electrons. The van der Waals surface area contributed by atoms with E-state index in [1.807, 2.05) is 0 Å². The molecule has 1 aromatic carbocycles. The Balaban J connectivity index is 1.64. The number of aromatic nitrogens is 1. The van der Waals surface area contributed by atoms with E-state index in [2.05, 4.69) is 34.4 Å². The van der Waals surface area contributed by atoms with E-state index in [-0.39, 0.29) is 24.4 Å². The molecule has 1 saturated heterocycles. The second-order valence-corrected chi connectivity index (χ2v) is 7.00. The van der Waals surface area contributed by atoms with Crippen molar-refractivity contribution in [1.82, 2.24) is 20.3 Å². The number of carbonyl (C=O) groups excluding carboxylic acids is 4. The highest BCUT2D eigenvalue weighted by atomic mass is 16.7. The van der Waals surface area contributed by atoms with Crippen molar-refractivity contribution in [3.8, 4) is 0 Å². The number of pyridine rings is 1. The second-order valence-electron chi connectivity index (χ2n) is 7.00. The summed E-state index contributed by atoms with van der Waals surface area (Å²) in [5.41, 5.74) is 0.649. The minimum atomic E-state index is -0.952. The second kappa shape index (κ2) is 9.98. The molecule has 3 rings (SSSR count). The Labute approximate surface area is 179 Å². The maximum absolute atomic E-state index is 12.4. The quantitative estimate of drug-likeness (QED) is 0.617. The van der Waals surface area contributed by atoms with Crippen LogP contribution in [0.2, 0.25) is 0 Å². The number of hydrogen-bond donors (Lipinski definition) is 2. The number of nitrogens with one attached hydrogen (secondary N) is 2. The Kier molecular flexibility index (Phi) is 7.14. The van der Waals surface area contributed by atoms with E-state index in [1.165, 1.54) is 0 Å². The molecule has 1 aromatic heterocycles. The fourth-order valence-corrected chi connectivity index (χ4v) is 3.18. The van der Waals surface area contributed by atoms with Crippen LogP contribution in [0.5, 0.6) is 0 Å². The van der Waals surface area contributed by atoms with Gasteiger partial charge in [0.1, 0.15) is 5.69 Å². The van der Waals surface area contributed by atoms with Crippen LogP contribution in [0.4, 0.5) is 10.5 Å². The fourth-order valence-electron chi connectivity index (χ4n) is 3.18. The smallest absolute Gasteiger partial charge is 0.349 e. The zero-order chi connectivity index (χ0) is 22.4. The van der Waals surface area contributed by atoms with Gasteiger partial charge < -0.3 is 15.1 Å².